The summed E-state index contributed by atoms with van der Waals surface area (Å²) in [5, 5.41) is 12.9. The fourth-order valence-electron chi connectivity index (χ4n) is 4.34. The SMILES string of the molecule is CCOCCNC(=O)C(C#N)=Cc1cc2cc3c4c(c2oc1=O)CCCN4CCC3. The van der Waals surface area contributed by atoms with Crippen molar-refractivity contribution < 1.29 is 13.9 Å². The second-order valence-electron chi connectivity index (χ2n) is 7.59. The van der Waals surface area contributed by atoms with Gasteiger partial charge in [-0.2, -0.15) is 5.26 Å². The molecule has 1 N–H and O–H groups in total. The molecule has 7 nitrogen and oxygen atoms in total. The molecule has 0 aliphatic carbocycles. The lowest BCUT2D eigenvalue weighted by atomic mass is 9.90. The van der Waals surface area contributed by atoms with E-state index in [4.69, 9.17) is 9.15 Å². The number of rotatable bonds is 6. The normalized spacial score (nSPS) is 15.6. The van der Waals surface area contributed by atoms with Crippen molar-refractivity contribution in [2.75, 3.05) is 37.7 Å². The number of nitriles is 1. The number of ether oxygens (including phenoxy) is 1. The van der Waals surface area contributed by atoms with Crippen LogP contribution in [0.1, 0.15) is 36.5 Å². The van der Waals surface area contributed by atoms with Gasteiger partial charge in [0.15, 0.2) is 0 Å². The zero-order valence-electron chi connectivity index (χ0n) is 17.1. The van der Waals surface area contributed by atoms with Crippen molar-refractivity contribution in [3.05, 3.63) is 44.8 Å². The molecule has 30 heavy (non-hydrogen) atoms. The maximum atomic E-state index is 12.7. The van der Waals surface area contributed by atoms with E-state index in [0.717, 1.165) is 49.7 Å². The van der Waals surface area contributed by atoms with Gasteiger partial charge in [0.2, 0.25) is 0 Å². The average Bonchev–Trinajstić information content (AvgIpc) is 2.76. The van der Waals surface area contributed by atoms with Crippen LogP contribution in [0.5, 0.6) is 0 Å². The third-order valence-electron chi connectivity index (χ3n) is 5.64. The minimum Gasteiger partial charge on any atom is -0.422 e. The van der Waals surface area contributed by atoms with E-state index in [1.165, 1.54) is 17.3 Å². The molecule has 0 atom stereocenters. The lowest BCUT2D eigenvalue weighted by Crippen LogP contribution is -2.34. The molecule has 0 fully saturated rings. The van der Waals surface area contributed by atoms with Crippen LogP contribution in [-0.4, -0.2) is 38.8 Å². The van der Waals surface area contributed by atoms with Crippen LogP contribution in [-0.2, 0) is 22.4 Å². The Balaban J connectivity index is 1.70. The molecule has 1 amide bonds. The second kappa shape index (κ2) is 8.72. The minimum atomic E-state index is -0.540. The number of aryl methyl sites for hydroxylation is 2. The van der Waals surface area contributed by atoms with Gasteiger partial charge in [-0.25, -0.2) is 4.79 Å². The second-order valence-corrected chi connectivity index (χ2v) is 7.59. The Hall–Kier alpha value is -3.11. The van der Waals surface area contributed by atoms with E-state index in [9.17, 15) is 14.9 Å². The number of carbonyl (C=O) groups excluding carboxylic acids is 1. The van der Waals surface area contributed by atoms with Gasteiger partial charge < -0.3 is 19.4 Å². The molecule has 0 saturated carbocycles. The highest BCUT2D eigenvalue weighted by Crippen LogP contribution is 2.39. The van der Waals surface area contributed by atoms with Gasteiger partial charge in [-0.3, -0.25) is 4.79 Å². The highest BCUT2D eigenvalue weighted by Gasteiger charge is 2.27. The zero-order valence-corrected chi connectivity index (χ0v) is 17.1. The smallest absolute Gasteiger partial charge is 0.343 e. The van der Waals surface area contributed by atoms with Gasteiger partial charge in [0.1, 0.15) is 17.2 Å². The Morgan fingerprint density at radius 3 is 2.90 bits per heavy atom. The third-order valence-corrected chi connectivity index (χ3v) is 5.64. The summed E-state index contributed by atoms with van der Waals surface area (Å²) < 4.78 is 10.9. The van der Waals surface area contributed by atoms with Crippen LogP contribution >= 0.6 is 0 Å². The maximum absolute atomic E-state index is 12.7. The fraction of sp³-hybridized carbons (Fsp3) is 0.435. The molecule has 0 unspecified atom stereocenters. The summed E-state index contributed by atoms with van der Waals surface area (Å²) in [6.45, 7) is 5.16. The Labute approximate surface area is 174 Å². The number of anilines is 1. The summed E-state index contributed by atoms with van der Waals surface area (Å²) in [6.07, 6.45) is 5.35. The monoisotopic (exact) mass is 407 g/mol. The number of carbonyl (C=O) groups is 1. The van der Waals surface area contributed by atoms with Gasteiger partial charge in [-0.15, -0.1) is 0 Å². The maximum Gasteiger partial charge on any atom is 0.343 e. The molecule has 0 bridgehead atoms. The largest absolute Gasteiger partial charge is 0.422 e. The molecule has 1 aromatic heterocycles. The number of amides is 1. The van der Waals surface area contributed by atoms with E-state index in [0.29, 0.717) is 25.3 Å². The Morgan fingerprint density at radius 1 is 1.33 bits per heavy atom. The predicted octanol–water partition coefficient (Wildman–Crippen LogP) is 2.55. The molecule has 2 aliphatic heterocycles. The molecular formula is C23H25N3O4. The molecule has 0 radical (unpaired) electrons. The van der Waals surface area contributed by atoms with Crippen LogP contribution in [0.3, 0.4) is 0 Å². The first kappa shape index (κ1) is 20.2. The van der Waals surface area contributed by atoms with Gasteiger partial charge >= 0.3 is 5.63 Å². The Kier molecular flexibility index (Phi) is 5.86. The topological polar surface area (TPSA) is 95.6 Å². The van der Waals surface area contributed by atoms with Gasteiger partial charge in [0, 0.05) is 42.9 Å². The van der Waals surface area contributed by atoms with Crippen LogP contribution in [0.25, 0.3) is 17.0 Å². The quantitative estimate of drug-likeness (QED) is 0.342. The van der Waals surface area contributed by atoms with Crippen molar-refractivity contribution in [1.82, 2.24) is 5.32 Å². The first-order valence-corrected chi connectivity index (χ1v) is 10.5. The molecule has 2 aromatic rings. The van der Waals surface area contributed by atoms with Crippen molar-refractivity contribution >= 4 is 28.6 Å². The number of hydrogen-bond donors (Lipinski definition) is 1. The number of hydrogen-bond acceptors (Lipinski definition) is 6. The summed E-state index contributed by atoms with van der Waals surface area (Å²) in [5.41, 5.74) is 3.77. The molecule has 3 heterocycles. The summed E-state index contributed by atoms with van der Waals surface area (Å²) in [6, 6.07) is 5.69. The zero-order chi connectivity index (χ0) is 21.1. The number of nitrogens with zero attached hydrogens (tertiary/aromatic N) is 2. The summed E-state index contributed by atoms with van der Waals surface area (Å²) in [5.74, 6) is -0.534. The molecule has 4 rings (SSSR count). The average molecular weight is 407 g/mol. The first-order valence-electron chi connectivity index (χ1n) is 10.5. The predicted molar refractivity (Wildman–Crippen MR) is 114 cm³/mol. The Bertz CT molecular complexity index is 1110. The minimum absolute atomic E-state index is 0.136. The van der Waals surface area contributed by atoms with E-state index in [2.05, 4.69) is 16.3 Å². The van der Waals surface area contributed by atoms with Crippen molar-refractivity contribution in [1.29, 1.82) is 5.26 Å². The van der Waals surface area contributed by atoms with Gasteiger partial charge in [0.05, 0.1) is 12.2 Å². The first-order chi connectivity index (χ1) is 14.6. The lowest BCUT2D eigenvalue weighted by Gasteiger charge is -2.37. The van der Waals surface area contributed by atoms with Crippen LogP contribution in [0.15, 0.2) is 26.9 Å². The van der Waals surface area contributed by atoms with Gasteiger partial charge in [-0.05, 0) is 56.4 Å². The fourth-order valence-corrected chi connectivity index (χ4v) is 4.34. The number of benzene rings is 1. The van der Waals surface area contributed by atoms with Crippen molar-refractivity contribution in [3.63, 3.8) is 0 Å². The molecule has 2 aliphatic rings. The van der Waals surface area contributed by atoms with E-state index in [1.54, 1.807) is 6.07 Å². The van der Waals surface area contributed by atoms with Crippen molar-refractivity contribution in [2.24, 2.45) is 0 Å². The molecule has 156 valence electrons. The van der Waals surface area contributed by atoms with E-state index >= 15 is 0 Å². The third kappa shape index (κ3) is 3.83. The van der Waals surface area contributed by atoms with Crippen molar-refractivity contribution in [2.45, 2.75) is 32.6 Å². The lowest BCUT2D eigenvalue weighted by molar-refractivity contribution is -0.117. The summed E-state index contributed by atoms with van der Waals surface area (Å²) in [7, 11) is 0. The molecular weight excluding hydrogens is 382 g/mol. The molecule has 7 heteroatoms. The van der Waals surface area contributed by atoms with Crippen LogP contribution < -0.4 is 15.8 Å². The highest BCUT2D eigenvalue weighted by atomic mass is 16.5. The van der Waals surface area contributed by atoms with Crippen LogP contribution in [0, 0.1) is 11.3 Å². The van der Waals surface area contributed by atoms with Crippen LogP contribution in [0.2, 0.25) is 0 Å². The highest BCUT2D eigenvalue weighted by molar-refractivity contribution is 6.02. The van der Waals surface area contributed by atoms with Gasteiger partial charge in [-0.1, -0.05) is 0 Å². The summed E-state index contributed by atoms with van der Waals surface area (Å²) >= 11 is 0. The van der Waals surface area contributed by atoms with E-state index in [1.807, 2.05) is 13.0 Å². The molecule has 0 spiro atoms. The number of nitrogens with one attached hydrogen (secondary N) is 1. The number of fused-ring (bicyclic) bond motifs is 2. The molecule has 1 aromatic carbocycles. The standard InChI is InChI=1S/C23H25N3O4/c1-2-29-10-7-25-22(27)18(14-24)13-17-12-16-11-15-5-3-8-26-9-4-6-19(20(15)26)21(16)30-23(17)28/h11-13H,2-10H2,1H3,(H,25,27). The molecule has 0 saturated heterocycles. The van der Waals surface area contributed by atoms with Crippen LogP contribution in [0.4, 0.5) is 5.69 Å². The van der Waals surface area contributed by atoms with Gasteiger partial charge in [0.25, 0.3) is 5.91 Å². The summed E-state index contributed by atoms with van der Waals surface area (Å²) in [4.78, 5) is 27.3. The Morgan fingerprint density at radius 2 is 2.13 bits per heavy atom. The van der Waals surface area contributed by atoms with Crippen molar-refractivity contribution in [3.8, 4) is 6.07 Å². The van der Waals surface area contributed by atoms with E-state index in [-0.39, 0.29) is 11.1 Å². The van der Waals surface area contributed by atoms with E-state index < -0.39 is 11.5 Å².